The van der Waals surface area contributed by atoms with Gasteiger partial charge in [-0.3, -0.25) is 4.79 Å². The second kappa shape index (κ2) is 14.7. The van der Waals surface area contributed by atoms with Gasteiger partial charge in [-0.2, -0.15) is 0 Å². The molecule has 120 valence electrons. The van der Waals surface area contributed by atoms with E-state index < -0.39 is 0 Å². The molecular weight excluding hydrogens is 264 g/mol. The van der Waals surface area contributed by atoms with Crippen LogP contribution in [0.2, 0.25) is 0 Å². The minimum Gasteiger partial charge on any atom is -0.382 e. The molecule has 0 rings (SSSR count). The quantitative estimate of drug-likeness (QED) is 0.352. The summed E-state index contributed by atoms with van der Waals surface area (Å²) in [4.78, 5) is 15.9. The fourth-order valence-electron chi connectivity index (χ4n) is 1.55. The van der Waals surface area contributed by atoms with Crippen molar-refractivity contribution in [2.24, 2.45) is 5.90 Å². The summed E-state index contributed by atoms with van der Waals surface area (Å²) >= 11 is 0. The van der Waals surface area contributed by atoms with Gasteiger partial charge in [0, 0.05) is 33.8 Å². The lowest BCUT2D eigenvalue weighted by molar-refractivity contribution is -0.121. The third kappa shape index (κ3) is 12.3. The smallest absolute Gasteiger partial charge is 0.220 e. The maximum atomic E-state index is 11.5. The summed E-state index contributed by atoms with van der Waals surface area (Å²) in [7, 11) is 3.24. The molecule has 0 aromatic rings. The molecule has 20 heavy (non-hydrogen) atoms. The predicted molar refractivity (Wildman–Crippen MR) is 75.1 cm³/mol. The van der Waals surface area contributed by atoms with Crippen LogP contribution in [0, 0.1) is 0 Å². The lowest BCUT2D eigenvalue weighted by Crippen LogP contribution is -2.26. The third-order valence-electron chi connectivity index (χ3n) is 2.69. The van der Waals surface area contributed by atoms with E-state index in [4.69, 9.17) is 20.1 Å². The van der Waals surface area contributed by atoms with Crippen molar-refractivity contribution < 1.29 is 23.8 Å². The number of rotatable bonds is 14. The first-order valence-corrected chi connectivity index (χ1v) is 6.92. The van der Waals surface area contributed by atoms with Crippen LogP contribution in [0.4, 0.5) is 0 Å². The zero-order chi connectivity index (χ0) is 15.1. The van der Waals surface area contributed by atoms with Crippen LogP contribution in [-0.4, -0.2) is 59.2 Å². The Hall–Kier alpha value is -0.730. The molecule has 0 saturated carbocycles. The van der Waals surface area contributed by atoms with Gasteiger partial charge in [-0.25, -0.2) is 5.90 Å². The van der Waals surface area contributed by atoms with Crippen LogP contribution in [-0.2, 0) is 23.8 Å². The largest absolute Gasteiger partial charge is 0.382 e. The van der Waals surface area contributed by atoms with Crippen molar-refractivity contribution in [1.82, 2.24) is 5.32 Å². The minimum absolute atomic E-state index is 0.0439. The number of ether oxygens (including phenoxy) is 3. The van der Waals surface area contributed by atoms with Crippen molar-refractivity contribution in [2.75, 3.05) is 47.2 Å². The van der Waals surface area contributed by atoms with Crippen molar-refractivity contribution in [3.05, 3.63) is 0 Å². The third-order valence-corrected chi connectivity index (χ3v) is 2.69. The molecule has 0 aromatic heterocycles. The number of nitrogens with one attached hydrogen (secondary N) is 1. The van der Waals surface area contributed by atoms with E-state index in [1.165, 1.54) is 0 Å². The average molecular weight is 292 g/mol. The van der Waals surface area contributed by atoms with Gasteiger partial charge in [-0.15, -0.1) is 0 Å². The molecule has 0 bridgehead atoms. The van der Waals surface area contributed by atoms with Crippen molar-refractivity contribution in [2.45, 2.75) is 31.8 Å². The summed E-state index contributed by atoms with van der Waals surface area (Å²) in [5.41, 5.74) is 0. The van der Waals surface area contributed by atoms with Crippen LogP contribution in [0.5, 0.6) is 0 Å². The molecule has 0 aliphatic carbocycles. The van der Waals surface area contributed by atoms with Crippen molar-refractivity contribution >= 4 is 5.91 Å². The van der Waals surface area contributed by atoms with Crippen LogP contribution < -0.4 is 11.2 Å². The Morgan fingerprint density at radius 3 is 2.60 bits per heavy atom. The number of methoxy groups -OCH3 is 2. The Morgan fingerprint density at radius 2 is 1.95 bits per heavy atom. The first-order chi connectivity index (χ1) is 9.74. The number of hydrogen-bond acceptors (Lipinski definition) is 6. The van der Waals surface area contributed by atoms with Gasteiger partial charge in [0.1, 0.15) is 6.10 Å². The van der Waals surface area contributed by atoms with E-state index in [9.17, 15) is 4.79 Å². The van der Waals surface area contributed by atoms with Gasteiger partial charge in [0.2, 0.25) is 5.91 Å². The van der Waals surface area contributed by atoms with E-state index >= 15 is 0 Å². The van der Waals surface area contributed by atoms with Gasteiger partial charge in [0.05, 0.1) is 19.8 Å². The highest BCUT2D eigenvalue weighted by Crippen LogP contribution is 1.96. The van der Waals surface area contributed by atoms with Gasteiger partial charge < -0.3 is 24.4 Å². The normalized spacial score (nSPS) is 12.3. The number of amides is 1. The van der Waals surface area contributed by atoms with Crippen LogP contribution >= 0.6 is 0 Å². The Kier molecular flexibility index (Phi) is 14.1. The Bertz CT molecular complexity index is 229. The van der Waals surface area contributed by atoms with Crippen molar-refractivity contribution in [3.8, 4) is 0 Å². The Morgan fingerprint density at radius 1 is 1.15 bits per heavy atom. The highest BCUT2D eigenvalue weighted by Gasteiger charge is 2.07. The lowest BCUT2D eigenvalue weighted by atomic mass is 10.3. The summed E-state index contributed by atoms with van der Waals surface area (Å²) in [5, 5.41) is 2.84. The lowest BCUT2D eigenvalue weighted by Gasteiger charge is -2.14. The fraction of sp³-hybridized carbons (Fsp3) is 0.923. The van der Waals surface area contributed by atoms with Crippen LogP contribution in [0.15, 0.2) is 0 Å². The Balaban J connectivity index is 3.34. The molecule has 0 saturated heterocycles. The van der Waals surface area contributed by atoms with Crippen LogP contribution in [0.1, 0.15) is 25.7 Å². The molecule has 7 nitrogen and oxygen atoms in total. The molecular formula is C13H28N2O5. The van der Waals surface area contributed by atoms with E-state index in [2.05, 4.69) is 10.2 Å². The molecule has 0 radical (unpaired) electrons. The van der Waals surface area contributed by atoms with E-state index in [0.717, 1.165) is 12.8 Å². The molecule has 1 atom stereocenters. The monoisotopic (exact) mass is 292 g/mol. The molecule has 1 unspecified atom stereocenters. The van der Waals surface area contributed by atoms with Gasteiger partial charge in [0.15, 0.2) is 0 Å². The van der Waals surface area contributed by atoms with E-state index in [0.29, 0.717) is 45.8 Å². The number of nitrogens with two attached hydrogens (primary N) is 1. The Labute approximate surface area is 121 Å². The highest BCUT2D eigenvalue weighted by molar-refractivity contribution is 5.75. The number of hydrogen-bond donors (Lipinski definition) is 2. The van der Waals surface area contributed by atoms with Gasteiger partial charge in [-0.1, -0.05) is 0 Å². The van der Waals surface area contributed by atoms with Crippen molar-refractivity contribution in [3.63, 3.8) is 0 Å². The molecule has 1 amide bonds. The maximum absolute atomic E-state index is 11.5. The molecule has 0 spiro atoms. The van der Waals surface area contributed by atoms with E-state index in [1.807, 2.05) is 0 Å². The van der Waals surface area contributed by atoms with Crippen LogP contribution in [0.3, 0.4) is 0 Å². The topological polar surface area (TPSA) is 92.0 Å². The standard InChI is InChI=1S/C13H28N2O5/c1-17-10-12(18-2)11-19-8-5-6-13(16)15-7-3-4-9-20-14/h12H,3-11,14H2,1-2H3,(H,15,16). The summed E-state index contributed by atoms with van der Waals surface area (Å²) in [6.07, 6.45) is 2.82. The van der Waals surface area contributed by atoms with Crippen molar-refractivity contribution in [1.29, 1.82) is 0 Å². The minimum atomic E-state index is -0.0569. The second-order valence-corrected chi connectivity index (χ2v) is 4.42. The molecule has 7 heteroatoms. The summed E-state index contributed by atoms with van der Waals surface area (Å²) in [5.74, 6) is 4.94. The fourth-order valence-corrected chi connectivity index (χ4v) is 1.55. The van der Waals surface area contributed by atoms with E-state index in [-0.39, 0.29) is 12.0 Å². The molecule has 0 heterocycles. The average Bonchev–Trinajstić information content (AvgIpc) is 2.45. The maximum Gasteiger partial charge on any atom is 0.220 e. The van der Waals surface area contributed by atoms with Gasteiger partial charge in [0.25, 0.3) is 0 Å². The summed E-state index contributed by atoms with van der Waals surface area (Å²) in [6.45, 7) is 2.70. The summed E-state index contributed by atoms with van der Waals surface area (Å²) < 4.78 is 15.6. The zero-order valence-electron chi connectivity index (χ0n) is 12.6. The van der Waals surface area contributed by atoms with Gasteiger partial charge in [-0.05, 0) is 19.3 Å². The molecule has 0 aliphatic heterocycles. The highest BCUT2D eigenvalue weighted by atomic mass is 16.6. The number of carbonyl (C=O) groups is 1. The first-order valence-electron chi connectivity index (χ1n) is 6.92. The molecule has 0 fully saturated rings. The first kappa shape index (κ1) is 19.3. The molecule has 3 N–H and O–H groups in total. The molecule has 0 aromatic carbocycles. The zero-order valence-corrected chi connectivity index (χ0v) is 12.6. The molecule has 0 aliphatic rings. The van der Waals surface area contributed by atoms with E-state index in [1.54, 1.807) is 14.2 Å². The predicted octanol–water partition coefficient (Wildman–Crippen LogP) is 0.231. The second-order valence-electron chi connectivity index (χ2n) is 4.42. The number of unbranched alkanes of at least 4 members (excludes halogenated alkanes) is 1. The van der Waals surface area contributed by atoms with Crippen LogP contribution in [0.25, 0.3) is 0 Å². The summed E-state index contributed by atoms with van der Waals surface area (Å²) in [6, 6.07) is 0. The SMILES string of the molecule is COCC(COCCCC(=O)NCCCCON)OC. The number of carbonyl (C=O) groups excluding carboxylic acids is 1. The van der Waals surface area contributed by atoms with Gasteiger partial charge >= 0.3 is 0 Å².